The normalized spacial score (nSPS) is 13.0. The molecule has 0 saturated carbocycles. The lowest BCUT2D eigenvalue weighted by Gasteiger charge is -2.21. The number of benzene rings is 2. The molecule has 4 aromatic rings. The second kappa shape index (κ2) is 8.92. The van der Waals surface area contributed by atoms with Crippen LogP contribution in [0.1, 0.15) is 11.1 Å². The topological polar surface area (TPSA) is 58.4 Å². The van der Waals surface area contributed by atoms with Crippen LogP contribution in [-0.2, 0) is 17.1 Å². The van der Waals surface area contributed by atoms with Crippen molar-refractivity contribution in [3.8, 4) is 27.9 Å². The van der Waals surface area contributed by atoms with E-state index in [0.29, 0.717) is 17.4 Å². The van der Waals surface area contributed by atoms with Crippen molar-refractivity contribution in [3.05, 3.63) is 70.1 Å². The van der Waals surface area contributed by atoms with Crippen molar-refractivity contribution in [2.45, 2.75) is 17.5 Å². The van der Waals surface area contributed by atoms with Crippen molar-refractivity contribution in [2.75, 3.05) is 13.9 Å². The van der Waals surface area contributed by atoms with Gasteiger partial charge in [0, 0.05) is 21.9 Å². The van der Waals surface area contributed by atoms with Crippen LogP contribution in [0.15, 0.2) is 59.1 Å². The molecule has 158 valence electrons. The second-order valence-corrected chi connectivity index (χ2v) is 9.07. The first-order valence-electron chi connectivity index (χ1n) is 9.52. The van der Waals surface area contributed by atoms with E-state index >= 15 is 0 Å². The molecule has 0 saturated heterocycles. The third-order valence-electron chi connectivity index (χ3n) is 4.81. The molecule has 0 spiro atoms. The van der Waals surface area contributed by atoms with Gasteiger partial charge in [0.1, 0.15) is 11.5 Å². The first kappa shape index (κ1) is 20.4. The summed E-state index contributed by atoms with van der Waals surface area (Å²) in [5, 5.41) is 12.4. The van der Waals surface area contributed by atoms with Crippen molar-refractivity contribution in [3.63, 3.8) is 0 Å². The first-order valence-corrected chi connectivity index (χ1v) is 11.8. The lowest BCUT2D eigenvalue weighted by atomic mass is 10.1. The number of thiophene rings is 1. The van der Waals surface area contributed by atoms with Gasteiger partial charge in [0.15, 0.2) is 17.8 Å². The van der Waals surface area contributed by atoms with Gasteiger partial charge in [0.2, 0.25) is 0 Å². The van der Waals surface area contributed by atoms with Crippen molar-refractivity contribution in [1.29, 1.82) is 0 Å². The van der Waals surface area contributed by atoms with Crippen molar-refractivity contribution in [2.24, 2.45) is 0 Å². The van der Waals surface area contributed by atoms with Gasteiger partial charge in [-0.05, 0) is 35.7 Å². The lowest BCUT2D eigenvalue weighted by Crippen LogP contribution is -2.13. The molecule has 2 aromatic heterocycles. The summed E-state index contributed by atoms with van der Waals surface area (Å²) in [5.74, 6) is 2.99. The minimum Gasteiger partial charge on any atom is -0.495 e. The highest BCUT2D eigenvalue weighted by Gasteiger charge is 2.21. The van der Waals surface area contributed by atoms with E-state index in [1.165, 1.54) is 0 Å². The van der Waals surface area contributed by atoms with Gasteiger partial charge in [-0.1, -0.05) is 41.6 Å². The van der Waals surface area contributed by atoms with E-state index < -0.39 is 0 Å². The molecule has 0 bridgehead atoms. The first-order chi connectivity index (χ1) is 15.2. The highest BCUT2D eigenvalue weighted by atomic mass is 35.5. The van der Waals surface area contributed by atoms with E-state index in [4.69, 9.17) is 25.8 Å². The monoisotopic (exact) mass is 471 g/mol. The number of nitrogens with zero attached hydrogens (tertiary/aromatic N) is 3. The van der Waals surface area contributed by atoms with Crippen LogP contribution >= 0.6 is 34.7 Å². The minimum atomic E-state index is 0.242. The Morgan fingerprint density at radius 3 is 2.94 bits per heavy atom. The van der Waals surface area contributed by atoms with Crippen LogP contribution in [0.3, 0.4) is 0 Å². The molecule has 2 aromatic carbocycles. The number of thioether (sulfide) groups is 1. The largest absolute Gasteiger partial charge is 0.495 e. The summed E-state index contributed by atoms with van der Waals surface area (Å²) in [7, 11) is 1.67. The van der Waals surface area contributed by atoms with E-state index in [-0.39, 0.29) is 6.79 Å². The summed E-state index contributed by atoms with van der Waals surface area (Å²) >= 11 is 9.53. The third-order valence-corrected chi connectivity index (χ3v) is 6.87. The average molecular weight is 472 g/mol. The number of fused-ring (bicyclic) bond motifs is 1. The molecule has 0 atom stereocenters. The highest BCUT2D eigenvalue weighted by molar-refractivity contribution is 7.98. The SMILES string of the molecule is COc1ccccc1-n1c(SCc2cc(Cl)cc3c2OCOC3)nnc1-c1cccs1. The third kappa shape index (κ3) is 4.04. The molecular formula is C22H18ClN3O3S2. The molecule has 0 aliphatic carbocycles. The van der Waals surface area contributed by atoms with Crippen LogP contribution in [0.25, 0.3) is 16.4 Å². The number of hydrogen-bond donors (Lipinski definition) is 0. The summed E-state index contributed by atoms with van der Waals surface area (Å²) in [6.07, 6.45) is 0. The molecule has 0 unspecified atom stereocenters. The minimum absolute atomic E-state index is 0.242. The number of methoxy groups -OCH3 is 1. The fourth-order valence-corrected chi connectivity index (χ4v) is 5.34. The fraction of sp³-hybridized carbons (Fsp3) is 0.182. The van der Waals surface area contributed by atoms with Crippen LogP contribution in [0, 0.1) is 0 Å². The Kier molecular flexibility index (Phi) is 5.87. The Morgan fingerprint density at radius 2 is 2.10 bits per heavy atom. The molecule has 0 fully saturated rings. The standard InChI is InChI=1S/C22H18ClN3O3S2/c1-27-18-6-3-2-5-17(18)26-21(19-7-4-8-30-19)24-25-22(26)31-12-15-10-16(23)9-14-11-28-13-29-20(14)15/h2-10H,11-13H2,1H3. The molecule has 3 heterocycles. The molecule has 0 amide bonds. The molecule has 5 rings (SSSR count). The quantitative estimate of drug-likeness (QED) is 0.330. The number of para-hydroxylation sites is 2. The molecule has 0 radical (unpaired) electrons. The molecule has 6 nitrogen and oxygen atoms in total. The van der Waals surface area contributed by atoms with Crippen LogP contribution in [0.5, 0.6) is 11.5 Å². The van der Waals surface area contributed by atoms with Crippen molar-refractivity contribution in [1.82, 2.24) is 14.8 Å². The molecule has 1 aliphatic heterocycles. The predicted octanol–water partition coefficient (Wildman–Crippen LogP) is 5.82. The molecule has 0 N–H and O–H groups in total. The number of halogens is 1. The van der Waals surface area contributed by atoms with Gasteiger partial charge in [-0.3, -0.25) is 4.57 Å². The highest BCUT2D eigenvalue weighted by Crippen LogP contribution is 2.38. The molecule has 9 heteroatoms. The van der Waals surface area contributed by atoms with Crippen LogP contribution < -0.4 is 9.47 Å². The lowest BCUT2D eigenvalue weighted by molar-refractivity contribution is -0.0168. The zero-order valence-electron chi connectivity index (χ0n) is 16.6. The average Bonchev–Trinajstić information content (AvgIpc) is 3.47. The maximum atomic E-state index is 6.33. The summed E-state index contributed by atoms with van der Waals surface area (Å²) in [4.78, 5) is 1.03. The van der Waals surface area contributed by atoms with Crippen molar-refractivity contribution < 1.29 is 14.2 Å². The molecular weight excluding hydrogens is 454 g/mol. The maximum absolute atomic E-state index is 6.33. The Bertz CT molecular complexity index is 1210. The maximum Gasteiger partial charge on any atom is 0.196 e. The van der Waals surface area contributed by atoms with Gasteiger partial charge >= 0.3 is 0 Å². The fourth-order valence-electron chi connectivity index (χ4n) is 3.47. The van der Waals surface area contributed by atoms with E-state index in [2.05, 4.69) is 10.2 Å². The summed E-state index contributed by atoms with van der Waals surface area (Å²) in [6, 6.07) is 15.7. The zero-order valence-corrected chi connectivity index (χ0v) is 19.0. The number of rotatable bonds is 6. The van der Waals surface area contributed by atoms with Crippen LogP contribution in [0.4, 0.5) is 0 Å². The van der Waals surface area contributed by atoms with Gasteiger partial charge < -0.3 is 14.2 Å². The van der Waals surface area contributed by atoms with E-state index in [1.807, 2.05) is 58.5 Å². The molecule has 31 heavy (non-hydrogen) atoms. The van der Waals surface area contributed by atoms with E-state index in [9.17, 15) is 0 Å². The Labute approximate surface area is 192 Å². The number of aromatic nitrogens is 3. The number of hydrogen-bond acceptors (Lipinski definition) is 7. The Balaban J connectivity index is 1.54. The van der Waals surface area contributed by atoms with Gasteiger partial charge in [-0.15, -0.1) is 21.5 Å². The Morgan fingerprint density at radius 1 is 1.19 bits per heavy atom. The predicted molar refractivity (Wildman–Crippen MR) is 123 cm³/mol. The summed E-state index contributed by atoms with van der Waals surface area (Å²) < 4.78 is 18.8. The number of ether oxygens (including phenoxy) is 3. The van der Waals surface area contributed by atoms with Gasteiger partial charge in [-0.25, -0.2) is 0 Å². The van der Waals surface area contributed by atoms with E-state index in [0.717, 1.165) is 44.2 Å². The smallest absolute Gasteiger partial charge is 0.196 e. The zero-order chi connectivity index (χ0) is 21.2. The van der Waals surface area contributed by atoms with E-state index in [1.54, 1.807) is 30.2 Å². The summed E-state index contributed by atoms with van der Waals surface area (Å²) in [5.41, 5.74) is 2.85. The summed E-state index contributed by atoms with van der Waals surface area (Å²) in [6.45, 7) is 0.736. The van der Waals surface area contributed by atoms with Crippen molar-refractivity contribution >= 4 is 34.7 Å². The molecule has 1 aliphatic rings. The van der Waals surface area contributed by atoms with Crippen LogP contribution in [-0.4, -0.2) is 28.7 Å². The van der Waals surface area contributed by atoms with Gasteiger partial charge in [0.05, 0.1) is 24.3 Å². The van der Waals surface area contributed by atoms with Gasteiger partial charge in [0.25, 0.3) is 0 Å². The van der Waals surface area contributed by atoms with Crippen LogP contribution in [0.2, 0.25) is 5.02 Å². The van der Waals surface area contributed by atoms with Gasteiger partial charge in [-0.2, -0.15) is 0 Å². The second-order valence-electron chi connectivity index (χ2n) is 6.74. The Hall–Kier alpha value is -2.52.